The minimum absolute atomic E-state index is 0.131. The summed E-state index contributed by atoms with van der Waals surface area (Å²) >= 11 is 0. The van der Waals surface area contributed by atoms with Gasteiger partial charge in [-0.05, 0) is 50.1 Å². The van der Waals surface area contributed by atoms with E-state index in [2.05, 4.69) is 40.3 Å². The van der Waals surface area contributed by atoms with E-state index in [1.807, 2.05) is 24.3 Å². The maximum atomic E-state index is 15.4. The molecule has 0 amide bonds. The number of aromatic amines is 1. The maximum absolute atomic E-state index is 15.4. The van der Waals surface area contributed by atoms with Crippen molar-refractivity contribution in [3.8, 4) is 11.5 Å². The quantitative estimate of drug-likeness (QED) is 0.378. The lowest BCUT2D eigenvalue weighted by Crippen LogP contribution is -2.57. The number of para-hydroxylation sites is 1. The molecule has 2 aliphatic heterocycles. The number of nitrogens with zero attached hydrogens (tertiary/aromatic N) is 1. The molecule has 5 rings (SSSR count). The fraction of sp³-hybridized carbons (Fsp3) is 0.500. The Morgan fingerprint density at radius 2 is 2.03 bits per heavy atom. The van der Waals surface area contributed by atoms with Crippen molar-refractivity contribution < 1.29 is 23.0 Å². The third-order valence-corrected chi connectivity index (χ3v) is 7.24. The van der Waals surface area contributed by atoms with Crippen LogP contribution in [0.4, 0.5) is 8.78 Å². The van der Waals surface area contributed by atoms with Crippen molar-refractivity contribution in [3.63, 3.8) is 0 Å². The van der Waals surface area contributed by atoms with E-state index in [1.54, 1.807) is 7.11 Å². The van der Waals surface area contributed by atoms with Gasteiger partial charge in [-0.3, -0.25) is 9.29 Å². The van der Waals surface area contributed by atoms with Crippen LogP contribution in [0, 0.1) is 0 Å². The molecule has 0 radical (unpaired) electrons. The first-order valence-electron chi connectivity index (χ1n) is 12.7. The highest BCUT2D eigenvalue weighted by Gasteiger charge is 2.46. The molecule has 36 heavy (non-hydrogen) atoms. The van der Waals surface area contributed by atoms with Crippen molar-refractivity contribution in [2.24, 2.45) is 0 Å². The number of ether oxygens (including phenoxy) is 3. The van der Waals surface area contributed by atoms with Gasteiger partial charge in [0.25, 0.3) is 0 Å². The first-order chi connectivity index (χ1) is 17.5. The average molecular weight is 500 g/mol. The molecule has 3 heterocycles. The highest BCUT2D eigenvalue weighted by Crippen LogP contribution is 2.45. The van der Waals surface area contributed by atoms with Gasteiger partial charge in [-0.2, -0.15) is 0 Å². The molecule has 2 N–H and O–H groups in total. The Bertz CT molecular complexity index is 1180. The maximum Gasteiger partial charge on any atom is 0.169 e. The second-order valence-electron chi connectivity index (χ2n) is 9.88. The smallest absolute Gasteiger partial charge is 0.169 e. The van der Waals surface area contributed by atoms with Gasteiger partial charge in [0, 0.05) is 47.4 Å². The average Bonchev–Trinajstić information content (AvgIpc) is 3.23. The van der Waals surface area contributed by atoms with Crippen molar-refractivity contribution in [2.45, 2.75) is 37.5 Å². The van der Waals surface area contributed by atoms with E-state index in [0.29, 0.717) is 44.2 Å². The third kappa shape index (κ3) is 4.94. The predicted molar refractivity (Wildman–Crippen MR) is 137 cm³/mol. The van der Waals surface area contributed by atoms with Gasteiger partial charge in [-0.1, -0.05) is 18.2 Å². The van der Waals surface area contributed by atoms with Crippen molar-refractivity contribution in [3.05, 3.63) is 59.3 Å². The van der Waals surface area contributed by atoms with Crippen LogP contribution in [0.2, 0.25) is 0 Å². The molecule has 2 aliphatic rings. The molecule has 2 atom stereocenters. The number of halogens is 2. The van der Waals surface area contributed by atoms with Crippen LogP contribution >= 0.6 is 0 Å². The van der Waals surface area contributed by atoms with Crippen LogP contribution in [0.15, 0.2) is 42.5 Å². The number of fused-ring (bicyclic) bond motifs is 3. The van der Waals surface area contributed by atoms with Gasteiger partial charge in [-0.25, -0.2) is 4.39 Å². The summed E-state index contributed by atoms with van der Waals surface area (Å²) in [5, 5.41) is 4.38. The summed E-state index contributed by atoms with van der Waals surface area (Å²) in [6.07, 6.45) is 1.34. The van der Waals surface area contributed by atoms with Gasteiger partial charge >= 0.3 is 0 Å². The van der Waals surface area contributed by atoms with Crippen molar-refractivity contribution in [1.29, 1.82) is 0 Å². The molecule has 1 fully saturated rings. The molecule has 0 aliphatic carbocycles. The molecule has 1 aromatic heterocycles. The first kappa shape index (κ1) is 25.0. The highest BCUT2D eigenvalue weighted by molar-refractivity contribution is 5.85. The lowest BCUT2D eigenvalue weighted by atomic mass is 9.86. The van der Waals surface area contributed by atoms with E-state index in [4.69, 9.17) is 14.2 Å². The van der Waals surface area contributed by atoms with Crippen molar-refractivity contribution >= 4 is 10.9 Å². The summed E-state index contributed by atoms with van der Waals surface area (Å²) in [4.78, 5) is 5.89. The molecule has 6 nitrogen and oxygen atoms in total. The Morgan fingerprint density at radius 3 is 2.78 bits per heavy atom. The summed E-state index contributed by atoms with van der Waals surface area (Å²) in [5.41, 5.74) is 3.07. The van der Waals surface area contributed by atoms with Crippen LogP contribution in [0.25, 0.3) is 10.9 Å². The number of benzene rings is 2. The second kappa shape index (κ2) is 10.7. The number of nitrogens with one attached hydrogen (secondary N) is 2. The molecule has 0 saturated carbocycles. The molecule has 0 bridgehead atoms. The van der Waals surface area contributed by atoms with Gasteiger partial charge in [0.1, 0.15) is 18.1 Å². The fourth-order valence-corrected chi connectivity index (χ4v) is 5.40. The number of aromatic nitrogens is 1. The lowest BCUT2D eigenvalue weighted by molar-refractivity contribution is -0.147. The predicted octanol–water partition coefficient (Wildman–Crippen LogP) is 4.58. The van der Waals surface area contributed by atoms with E-state index < -0.39 is 5.67 Å². The summed E-state index contributed by atoms with van der Waals surface area (Å²) < 4.78 is 44.6. The Balaban J connectivity index is 1.47. The van der Waals surface area contributed by atoms with Crippen LogP contribution in [-0.2, 0) is 11.2 Å². The highest BCUT2D eigenvalue weighted by atomic mass is 19.1. The van der Waals surface area contributed by atoms with Crippen LogP contribution in [0.3, 0.4) is 0 Å². The monoisotopic (exact) mass is 499 g/mol. The second-order valence-corrected chi connectivity index (χ2v) is 9.88. The SMILES string of the molecule is COc1cc(OCCNCCCF)ccc1[C@@H]1c2[nH]c3ccccc3c2C[C@@H](C)N1CC1(F)COC1. The summed E-state index contributed by atoms with van der Waals surface area (Å²) in [6.45, 7) is 4.14. The van der Waals surface area contributed by atoms with Crippen LogP contribution in [0.5, 0.6) is 11.5 Å². The topological polar surface area (TPSA) is 58.8 Å². The number of alkyl halides is 2. The number of rotatable bonds is 11. The molecular weight excluding hydrogens is 464 g/mol. The standard InChI is InChI=1S/C28H35F2N3O3/c1-19-14-23-21-6-3-4-7-24(21)32-26(23)27(33(19)16-28(30)17-35-18-28)22-9-8-20(15-25(22)34-2)36-13-12-31-11-5-10-29/h3-4,6-9,15,19,27,31-32H,5,10-14,16-18H2,1-2H3/t19-,27-/m1/s1. The third-order valence-electron chi connectivity index (χ3n) is 7.24. The zero-order chi connectivity index (χ0) is 25.1. The first-order valence-corrected chi connectivity index (χ1v) is 12.7. The van der Waals surface area contributed by atoms with Crippen molar-refractivity contribution in [1.82, 2.24) is 15.2 Å². The van der Waals surface area contributed by atoms with E-state index in [0.717, 1.165) is 23.2 Å². The Labute approximate surface area is 210 Å². The van der Waals surface area contributed by atoms with Gasteiger partial charge in [-0.15, -0.1) is 0 Å². The molecule has 2 aromatic carbocycles. The van der Waals surface area contributed by atoms with E-state index in [9.17, 15) is 4.39 Å². The van der Waals surface area contributed by atoms with Crippen LogP contribution < -0.4 is 14.8 Å². The normalized spacial score (nSPS) is 21.2. The Hall–Kier alpha value is -2.68. The Morgan fingerprint density at radius 1 is 1.19 bits per heavy atom. The zero-order valence-corrected chi connectivity index (χ0v) is 21.0. The van der Waals surface area contributed by atoms with E-state index in [1.165, 1.54) is 10.9 Å². The van der Waals surface area contributed by atoms with Crippen molar-refractivity contribution in [2.75, 3.05) is 53.2 Å². The van der Waals surface area contributed by atoms with Gasteiger partial charge < -0.3 is 24.5 Å². The fourth-order valence-electron chi connectivity index (χ4n) is 5.40. The van der Waals surface area contributed by atoms with E-state index >= 15 is 4.39 Å². The zero-order valence-electron chi connectivity index (χ0n) is 21.0. The van der Waals surface area contributed by atoms with Crippen LogP contribution in [0.1, 0.15) is 36.2 Å². The minimum atomic E-state index is -1.35. The number of H-pyrrole nitrogens is 1. The van der Waals surface area contributed by atoms with Gasteiger partial charge in [0.2, 0.25) is 0 Å². The molecule has 3 aromatic rings. The van der Waals surface area contributed by atoms with Gasteiger partial charge in [0.15, 0.2) is 5.67 Å². The molecule has 0 unspecified atom stereocenters. The van der Waals surface area contributed by atoms with Crippen LogP contribution in [-0.4, -0.2) is 74.8 Å². The number of hydrogen-bond donors (Lipinski definition) is 2. The lowest BCUT2D eigenvalue weighted by Gasteiger charge is -2.46. The minimum Gasteiger partial charge on any atom is -0.496 e. The summed E-state index contributed by atoms with van der Waals surface area (Å²) in [5.74, 6) is 1.40. The summed E-state index contributed by atoms with van der Waals surface area (Å²) in [6, 6.07) is 14.1. The molecule has 8 heteroatoms. The van der Waals surface area contributed by atoms with Gasteiger partial charge in [0.05, 0.1) is 33.0 Å². The van der Waals surface area contributed by atoms with E-state index in [-0.39, 0.29) is 32.0 Å². The Kier molecular flexibility index (Phi) is 7.46. The largest absolute Gasteiger partial charge is 0.496 e. The number of methoxy groups -OCH3 is 1. The number of hydrogen-bond acceptors (Lipinski definition) is 5. The molecular formula is C28H35F2N3O3. The molecule has 0 spiro atoms. The summed E-state index contributed by atoms with van der Waals surface area (Å²) in [7, 11) is 1.65. The molecule has 194 valence electrons. The molecule has 1 saturated heterocycles.